The van der Waals surface area contributed by atoms with Crippen LogP contribution in [-0.2, 0) is 0 Å². The van der Waals surface area contributed by atoms with Crippen molar-refractivity contribution in [3.63, 3.8) is 0 Å². The molecule has 0 saturated heterocycles. The van der Waals surface area contributed by atoms with Crippen molar-refractivity contribution < 1.29 is 0 Å². The normalized spacial score (nSPS) is 40.4. The van der Waals surface area contributed by atoms with Crippen molar-refractivity contribution in [1.82, 2.24) is 0 Å². The predicted molar refractivity (Wildman–Crippen MR) is 148 cm³/mol. The lowest BCUT2D eigenvalue weighted by atomic mass is 9.46. The molecule has 0 aromatic carbocycles. The first-order valence-electron chi connectivity index (χ1n) is 15.5. The topological polar surface area (TPSA) is 26.0 Å². The van der Waals surface area contributed by atoms with Crippen LogP contribution in [-0.4, -0.2) is 6.54 Å². The summed E-state index contributed by atoms with van der Waals surface area (Å²) in [5.74, 6) is 6.53. The summed E-state index contributed by atoms with van der Waals surface area (Å²) in [7, 11) is 0. The highest BCUT2D eigenvalue weighted by Crippen LogP contribution is 2.67. The summed E-state index contributed by atoms with van der Waals surface area (Å²) < 4.78 is 0. The Hall–Kier alpha value is -0.300. The summed E-state index contributed by atoms with van der Waals surface area (Å²) in [5.41, 5.74) is 8.66. The highest BCUT2D eigenvalue weighted by molar-refractivity contribution is 5.25. The Balaban J connectivity index is 1.37. The number of hydrogen-bond donors (Lipinski definition) is 1. The lowest BCUT2D eigenvalue weighted by Gasteiger charge is -2.58. The van der Waals surface area contributed by atoms with E-state index in [4.69, 9.17) is 5.73 Å². The Labute approximate surface area is 213 Å². The Kier molecular flexibility index (Phi) is 8.97. The maximum atomic E-state index is 5.67. The molecule has 3 fully saturated rings. The van der Waals surface area contributed by atoms with E-state index >= 15 is 0 Å². The molecule has 34 heavy (non-hydrogen) atoms. The number of hydrogen-bond acceptors (Lipinski definition) is 1. The van der Waals surface area contributed by atoms with Gasteiger partial charge in [-0.2, -0.15) is 0 Å². The van der Waals surface area contributed by atoms with Gasteiger partial charge in [0.05, 0.1) is 0 Å². The van der Waals surface area contributed by atoms with Gasteiger partial charge in [0.25, 0.3) is 0 Å². The van der Waals surface area contributed by atoms with Gasteiger partial charge in [0.15, 0.2) is 0 Å². The van der Waals surface area contributed by atoms with Crippen LogP contribution < -0.4 is 5.73 Å². The van der Waals surface area contributed by atoms with Gasteiger partial charge in [-0.05, 0) is 129 Å². The third-order valence-electron chi connectivity index (χ3n) is 11.8. The average molecular weight is 469 g/mol. The van der Waals surface area contributed by atoms with E-state index in [9.17, 15) is 0 Å². The van der Waals surface area contributed by atoms with Crippen LogP contribution >= 0.6 is 0 Å². The molecule has 0 spiro atoms. The van der Waals surface area contributed by atoms with E-state index in [0.29, 0.717) is 10.8 Å². The SMILES string of the molecule is CC(C)CCC[C@@H](C)[C@H]1CC[C@H]2[C@@H]3CC=C4C[C@@H]([CH]CCCCCN)CC[C@]4(C)[C@H]3CC[C@]12C. The van der Waals surface area contributed by atoms with E-state index in [1.807, 2.05) is 5.57 Å². The molecule has 0 bridgehead atoms. The summed E-state index contributed by atoms with van der Waals surface area (Å²) >= 11 is 0. The van der Waals surface area contributed by atoms with Crippen molar-refractivity contribution >= 4 is 0 Å². The average Bonchev–Trinajstić information content (AvgIpc) is 3.16. The van der Waals surface area contributed by atoms with Crippen molar-refractivity contribution in [2.75, 3.05) is 6.54 Å². The maximum absolute atomic E-state index is 5.67. The third kappa shape index (κ3) is 5.35. The zero-order valence-electron chi connectivity index (χ0n) is 23.6. The third-order valence-corrected chi connectivity index (χ3v) is 11.8. The molecule has 3 saturated carbocycles. The van der Waals surface area contributed by atoms with Crippen LogP contribution in [0.2, 0.25) is 0 Å². The molecule has 0 unspecified atom stereocenters. The molecular weight excluding hydrogens is 410 g/mol. The lowest BCUT2D eigenvalue weighted by molar-refractivity contribution is -0.0520. The standard InChI is InChI=1S/C33H58N/c1-24(2)11-10-12-25(3)29-16-17-30-28-15-14-27-23-26(13-8-6-7-9-22-34)18-20-32(27,4)31(28)19-21-33(29,30)5/h13-14,24-26,28-31H,6-12,15-23,34H2,1-5H3/t25-,26+,28+,29-,30+,31+,32+,33-/m1/s1. The van der Waals surface area contributed by atoms with Gasteiger partial charge in [-0.15, -0.1) is 0 Å². The summed E-state index contributed by atoms with van der Waals surface area (Å²) in [5, 5.41) is 0. The van der Waals surface area contributed by atoms with Gasteiger partial charge in [-0.1, -0.05) is 78.4 Å². The zero-order valence-corrected chi connectivity index (χ0v) is 23.6. The molecule has 1 nitrogen and oxygen atoms in total. The van der Waals surface area contributed by atoms with Gasteiger partial charge < -0.3 is 5.73 Å². The minimum absolute atomic E-state index is 0.509. The highest BCUT2D eigenvalue weighted by Gasteiger charge is 2.59. The van der Waals surface area contributed by atoms with E-state index in [-0.39, 0.29) is 0 Å². The van der Waals surface area contributed by atoms with Crippen molar-refractivity contribution in [2.45, 2.75) is 131 Å². The second-order valence-electron chi connectivity index (χ2n) is 14.2. The summed E-state index contributed by atoms with van der Waals surface area (Å²) in [6, 6.07) is 0. The molecule has 4 rings (SSSR count). The Morgan fingerprint density at radius 2 is 1.76 bits per heavy atom. The molecule has 195 valence electrons. The smallest absolute Gasteiger partial charge is 0.00773 e. The predicted octanol–water partition coefficient (Wildman–Crippen LogP) is 9.37. The molecule has 4 aliphatic rings. The van der Waals surface area contributed by atoms with Crippen LogP contribution in [0.1, 0.15) is 131 Å². The monoisotopic (exact) mass is 468 g/mol. The molecule has 0 aliphatic heterocycles. The first-order chi connectivity index (χ1) is 16.3. The van der Waals surface area contributed by atoms with Crippen LogP contribution in [0.15, 0.2) is 11.6 Å². The second kappa shape index (κ2) is 11.4. The van der Waals surface area contributed by atoms with Gasteiger partial charge in [-0.25, -0.2) is 0 Å². The van der Waals surface area contributed by atoms with E-state index < -0.39 is 0 Å². The van der Waals surface area contributed by atoms with E-state index in [0.717, 1.165) is 48.0 Å². The van der Waals surface area contributed by atoms with Crippen LogP contribution in [0.5, 0.6) is 0 Å². The molecule has 1 radical (unpaired) electrons. The number of nitrogens with two attached hydrogens (primary N) is 1. The van der Waals surface area contributed by atoms with E-state index in [2.05, 4.69) is 47.1 Å². The molecule has 0 aromatic heterocycles. The minimum Gasteiger partial charge on any atom is -0.330 e. The fourth-order valence-electron chi connectivity index (χ4n) is 9.73. The van der Waals surface area contributed by atoms with E-state index in [1.54, 1.807) is 0 Å². The van der Waals surface area contributed by atoms with Crippen LogP contribution in [0.25, 0.3) is 0 Å². The minimum atomic E-state index is 0.509. The number of rotatable bonds is 11. The van der Waals surface area contributed by atoms with Crippen molar-refractivity contribution in [2.24, 2.45) is 58.0 Å². The fourth-order valence-corrected chi connectivity index (χ4v) is 9.73. The van der Waals surface area contributed by atoms with Gasteiger partial charge in [0, 0.05) is 0 Å². The Bertz CT molecular complexity index is 678. The highest BCUT2D eigenvalue weighted by atomic mass is 14.6. The van der Waals surface area contributed by atoms with Crippen LogP contribution in [0.3, 0.4) is 0 Å². The van der Waals surface area contributed by atoms with Gasteiger partial charge in [0.1, 0.15) is 0 Å². The Morgan fingerprint density at radius 3 is 2.53 bits per heavy atom. The zero-order chi connectivity index (χ0) is 24.3. The van der Waals surface area contributed by atoms with Crippen molar-refractivity contribution in [1.29, 1.82) is 0 Å². The van der Waals surface area contributed by atoms with Crippen LogP contribution in [0, 0.1) is 58.7 Å². The van der Waals surface area contributed by atoms with Gasteiger partial charge in [-0.3, -0.25) is 0 Å². The number of fused-ring (bicyclic) bond motifs is 5. The van der Waals surface area contributed by atoms with Gasteiger partial charge in [0.2, 0.25) is 0 Å². The maximum Gasteiger partial charge on any atom is -0.00773 e. The number of unbranched alkanes of at least 4 members (excludes halogenated alkanes) is 3. The Morgan fingerprint density at radius 1 is 0.941 bits per heavy atom. The first-order valence-corrected chi connectivity index (χ1v) is 15.5. The number of allylic oxidation sites excluding steroid dienone is 2. The molecule has 0 aromatic rings. The fraction of sp³-hybridized carbons (Fsp3) is 0.909. The molecule has 0 heterocycles. The summed E-state index contributed by atoms with van der Waals surface area (Å²) in [6.45, 7) is 13.7. The lowest BCUT2D eigenvalue weighted by Crippen LogP contribution is -2.50. The molecular formula is C33H58N. The molecule has 0 amide bonds. The molecule has 8 atom stereocenters. The molecule has 4 aliphatic carbocycles. The van der Waals surface area contributed by atoms with Crippen molar-refractivity contribution in [3.05, 3.63) is 18.1 Å². The summed E-state index contributed by atoms with van der Waals surface area (Å²) in [4.78, 5) is 0. The second-order valence-corrected chi connectivity index (χ2v) is 14.2. The summed E-state index contributed by atoms with van der Waals surface area (Å²) in [6.07, 6.45) is 26.6. The van der Waals surface area contributed by atoms with E-state index in [1.165, 1.54) is 96.3 Å². The van der Waals surface area contributed by atoms with Crippen molar-refractivity contribution in [3.8, 4) is 0 Å². The molecule has 1 heteroatoms. The quantitative estimate of drug-likeness (QED) is 0.237. The van der Waals surface area contributed by atoms with Crippen LogP contribution in [0.4, 0.5) is 0 Å². The van der Waals surface area contributed by atoms with Gasteiger partial charge >= 0.3 is 0 Å². The molecule has 2 N–H and O–H groups in total. The largest absolute Gasteiger partial charge is 0.330 e. The first kappa shape index (κ1) is 26.8.